The van der Waals surface area contributed by atoms with Crippen LogP contribution in [-0.4, -0.2) is 15.8 Å². The van der Waals surface area contributed by atoms with Crippen LogP contribution >= 0.6 is 11.8 Å². The van der Waals surface area contributed by atoms with E-state index in [0.29, 0.717) is 16.5 Å². The molecule has 0 fully saturated rings. The van der Waals surface area contributed by atoms with Crippen molar-refractivity contribution in [3.63, 3.8) is 0 Å². The van der Waals surface area contributed by atoms with Gasteiger partial charge in [-0.15, -0.1) is 0 Å². The van der Waals surface area contributed by atoms with Crippen LogP contribution < -0.4 is 5.73 Å². The number of amidine groups is 1. The zero-order chi connectivity index (χ0) is 13.0. The van der Waals surface area contributed by atoms with Gasteiger partial charge >= 0.3 is 0 Å². The molecule has 0 atom stereocenters. The summed E-state index contributed by atoms with van der Waals surface area (Å²) >= 11 is 1.40. The molecule has 1 aromatic carbocycles. The van der Waals surface area contributed by atoms with Crippen LogP contribution in [0, 0.1) is 11.2 Å². The van der Waals surface area contributed by atoms with Crippen LogP contribution in [0.25, 0.3) is 0 Å². The number of halogens is 1. The Labute approximate surface area is 108 Å². The van der Waals surface area contributed by atoms with Gasteiger partial charge in [0.25, 0.3) is 0 Å². The number of nitrogens with two attached hydrogens (primary N) is 1. The SMILES string of the molecule is N=C(N)c1cc(F)cc(CSc2ncccn2)c1. The molecular formula is C12H11FN4S. The molecule has 3 N–H and O–H groups in total. The lowest BCUT2D eigenvalue weighted by atomic mass is 10.1. The van der Waals surface area contributed by atoms with Crippen molar-refractivity contribution < 1.29 is 4.39 Å². The maximum absolute atomic E-state index is 13.3. The van der Waals surface area contributed by atoms with Gasteiger partial charge in [0.05, 0.1) is 0 Å². The van der Waals surface area contributed by atoms with Crippen LogP contribution in [0.3, 0.4) is 0 Å². The van der Waals surface area contributed by atoms with E-state index in [9.17, 15) is 4.39 Å². The number of aromatic nitrogens is 2. The van der Waals surface area contributed by atoms with Crippen LogP contribution in [0.4, 0.5) is 4.39 Å². The zero-order valence-corrected chi connectivity index (χ0v) is 10.2. The zero-order valence-electron chi connectivity index (χ0n) is 9.43. The third-order valence-electron chi connectivity index (χ3n) is 2.18. The molecule has 0 saturated heterocycles. The summed E-state index contributed by atoms with van der Waals surface area (Å²) in [6.07, 6.45) is 3.31. The van der Waals surface area contributed by atoms with Crippen molar-refractivity contribution in [3.05, 3.63) is 53.6 Å². The normalized spacial score (nSPS) is 10.3. The lowest BCUT2D eigenvalue weighted by Crippen LogP contribution is -2.11. The predicted octanol–water partition coefficient (Wildman–Crippen LogP) is 2.19. The fourth-order valence-corrected chi connectivity index (χ4v) is 2.13. The second kappa shape index (κ2) is 5.59. The highest BCUT2D eigenvalue weighted by Gasteiger charge is 2.04. The highest BCUT2D eigenvalue weighted by Crippen LogP contribution is 2.20. The second-order valence-electron chi connectivity index (χ2n) is 3.58. The summed E-state index contributed by atoms with van der Waals surface area (Å²) in [5, 5.41) is 7.94. The minimum Gasteiger partial charge on any atom is -0.384 e. The van der Waals surface area contributed by atoms with E-state index >= 15 is 0 Å². The van der Waals surface area contributed by atoms with Crippen molar-refractivity contribution >= 4 is 17.6 Å². The molecule has 0 spiro atoms. The van der Waals surface area contributed by atoms with Crippen LogP contribution in [0.5, 0.6) is 0 Å². The summed E-state index contributed by atoms with van der Waals surface area (Å²) in [5.41, 5.74) is 6.48. The molecule has 0 amide bonds. The Morgan fingerprint density at radius 3 is 2.67 bits per heavy atom. The van der Waals surface area contributed by atoms with Crippen molar-refractivity contribution in [1.82, 2.24) is 9.97 Å². The summed E-state index contributed by atoms with van der Waals surface area (Å²) < 4.78 is 13.3. The Kier molecular flexibility index (Phi) is 3.88. The van der Waals surface area contributed by atoms with E-state index in [0.717, 1.165) is 5.56 Å². The largest absolute Gasteiger partial charge is 0.384 e. The number of hydrogen-bond acceptors (Lipinski definition) is 4. The first-order valence-electron chi connectivity index (χ1n) is 5.19. The smallest absolute Gasteiger partial charge is 0.187 e. The number of nitrogen functional groups attached to an aromatic ring is 1. The summed E-state index contributed by atoms with van der Waals surface area (Å²) in [4.78, 5) is 8.13. The number of rotatable bonds is 4. The monoisotopic (exact) mass is 262 g/mol. The van der Waals surface area contributed by atoms with Gasteiger partial charge in [-0.2, -0.15) is 0 Å². The number of thioether (sulfide) groups is 1. The van der Waals surface area contributed by atoms with Gasteiger partial charge in [0.1, 0.15) is 11.7 Å². The highest BCUT2D eigenvalue weighted by atomic mass is 32.2. The molecule has 1 heterocycles. The van der Waals surface area contributed by atoms with Crippen molar-refractivity contribution in [2.75, 3.05) is 0 Å². The number of hydrogen-bond donors (Lipinski definition) is 2. The molecule has 2 aromatic rings. The van der Waals surface area contributed by atoms with Crippen LogP contribution in [0.2, 0.25) is 0 Å². The molecule has 6 heteroatoms. The standard InChI is InChI=1S/C12H11FN4S/c13-10-5-8(4-9(6-10)11(14)15)7-18-12-16-2-1-3-17-12/h1-6H,7H2,(H3,14,15). The molecule has 92 valence electrons. The van der Waals surface area contributed by atoms with Gasteiger partial charge in [-0.05, 0) is 29.8 Å². The summed E-state index contributed by atoms with van der Waals surface area (Å²) in [6.45, 7) is 0. The van der Waals surface area contributed by atoms with Crippen molar-refractivity contribution in [2.45, 2.75) is 10.9 Å². The van der Waals surface area contributed by atoms with Gasteiger partial charge < -0.3 is 5.73 Å². The van der Waals surface area contributed by atoms with Crippen molar-refractivity contribution in [1.29, 1.82) is 5.41 Å². The lowest BCUT2D eigenvalue weighted by molar-refractivity contribution is 0.626. The average molecular weight is 262 g/mol. The van der Waals surface area contributed by atoms with Gasteiger partial charge in [0.2, 0.25) is 0 Å². The van der Waals surface area contributed by atoms with Gasteiger partial charge in [0, 0.05) is 23.7 Å². The Morgan fingerprint density at radius 1 is 1.28 bits per heavy atom. The number of benzene rings is 1. The summed E-state index contributed by atoms with van der Waals surface area (Å²) in [5.74, 6) is -0.00816. The molecule has 2 rings (SSSR count). The minimum atomic E-state index is -0.396. The van der Waals surface area contributed by atoms with Gasteiger partial charge in [-0.3, -0.25) is 5.41 Å². The lowest BCUT2D eigenvalue weighted by Gasteiger charge is -2.04. The predicted molar refractivity (Wildman–Crippen MR) is 69.0 cm³/mol. The van der Waals surface area contributed by atoms with E-state index in [1.807, 2.05) is 0 Å². The van der Waals surface area contributed by atoms with Crippen LogP contribution in [0.15, 0.2) is 41.8 Å². The van der Waals surface area contributed by atoms with E-state index in [1.165, 1.54) is 23.9 Å². The minimum absolute atomic E-state index is 0.142. The topological polar surface area (TPSA) is 75.7 Å². The second-order valence-corrected chi connectivity index (χ2v) is 4.52. The van der Waals surface area contributed by atoms with E-state index < -0.39 is 5.82 Å². The fourth-order valence-electron chi connectivity index (χ4n) is 1.40. The Morgan fingerprint density at radius 2 is 2.00 bits per heavy atom. The Balaban J connectivity index is 2.12. The highest BCUT2D eigenvalue weighted by molar-refractivity contribution is 7.98. The fraction of sp³-hybridized carbons (Fsp3) is 0.0833. The number of nitrogens with zero attached hydrogens (tertiary/aromatic N) is 2. The first kappa shape index (κ1) is 12.5. The quantitative estimate of drug-likeness (QED) is 0.383. The Bertz CT molecular complexity index is 559. The molecule has 1 aromatic heterocycles. The van der Waals surface area contributed by atoms with E-state index in [-0.39, 0.29) is 5.84 Å². The molecule has 4 nitrogen and oxygen atoms in total. The van der Waals surface area contributed by atoms with Crippen molar-refractivity contribution in [2.24, 2.45) is 5.73 Å². The summed E-state index contributed by atoms with van der Waals surface area (Å²) in [7, 11) is 0. The molecule has 0 unspecified atom stereocenters. The summed E-state index contributed by atoms with van der Waals surface area (Å²) in [6, 6.07) is 6.10. The molecule has 0 aliphatic heterocycles. The molecule has 0 aliphatic carbocycles. The van der Waals surface area contributed by atoms with E-state index in [1.54, 1.807) is 24.5 Å². The first-order valence-corrected chi connectivity index (χ1v) is 6.17. The first-order chi connectivity index (χ1) is 8.65. The number of nitrogens with one attached hydrogen (secondary N) is 1. The molecule has 0 saturated carbocycles. The van der Waals surface area contributed by atoms with E-state index in [2.05, 4.69) is 9.97 Å². The maximum atomic E-state index is 13.3. The van der Waals surface area contributed by atoms with Gasteiger partial charge in [-0.25, -0.2) is 14.4 Å². The Hall–Kier alpha value is -1.95. The third kappa shape index (κ3) is 3.27. The van der Waals surface area contributed by atoms with Crippen molar-refractivity contribution in [3.8, 4) is 0 Å². The van der Waals surface area contributed by atoms with Gasteiger partial charge in [0.15, 0.2) is 5.16 Å². The average Bonchev–Trinajstić information content (AvgIpc) is 2.37. The molecule has 18 heavy (non-hydrogen) atoms. The molecular weight excluding hydrogens is 251 g/mol. The third-order valence-corrected chi connectivity index (χ3v) is 3.13. The van der Waals surface area contributed by atoms with Crippen LogP contribution in [-0.2, 0) is 5.75 Å². The maximum Gasteiger partial charge on any atom is 0.187 e. The molecule has 0 radical (unpaired) electrons. The molecule has 0 bridgehead atoms. The molecule has 0 aliphatic rings. The van der Waals surface area contributed by atoms with E-state index in [4.69, 9.17) is 11.1 Å². The van der Waals surface area contributed by atoms with Crippen LogP contribution in [0.1, 0.15) is 11.1 Å². The van der Waals surface area contributed by atoms with Gasteiger partial charge in [-0.1, -0.05) is 11.8 Å².